The van der Waals surface area contributed by atoms with Gasteiger partial charge >= 0.3 is 0 Å². The second-order valence-electron chi connectivity index (χ2n) is 13.9. The lowest BCUT2D eigenvalue weighted by Crippen LogP contribution is -2.56. The number of amides is 3. The fourth-order valence-electron chi connectivity index (χ4n) is 7.05. The van der Waals surface area contributed by atoms with E-state index in [-0.39, 0.29) is 31.4 Å². The summed E-state index contributed by atoms with van der Waals surface area (Å²) in [5.74, 6) is -3.23. The number of hydrogen-bond donors (Lipinski definition) is 2. The summed E-state index contributed by atoms with van der Waals surface area (Å²) >= 11 is 0. The molecule has 2 aliphatic heterocycles. The molecule has 2 aliphatic rings. The lowest BCUT2D eigenvalue weighted by molar-refractivity contribution is -0.149. The van der Waals surface area contributed by atoms with E-state index in [4.69, 9.17) is 4.74 Å². The zero-order chi connectivity index (χ0) is 36.3. The minimum absolute atomic E-state index is 0.0394. The first-order valence-corrected chi connectivity index (χ1v) is 18.0. The number of carbonyl (C=O) groups is 3. The van der Waals surface area contributed by atoms with Crippen LogP contribution in [0.15, 0.2) is 72.8 Å². The molecule has 2 unspecified atom stereocenters. The second-order valence-corrected chi connectivity index (χ2v) is 13.9. The van der Waals surface area contributed by atoms with Crippen molar-refractivity contribution in [3.63, 3.8) is 0 Å². The van der Waals surface area contributed by atoms with Gasteiger partial charge in [-0.15, -0.1) is 0 Å². The van der Waals surface area contributed by atoms with Gasteiger partial charge in [-0.1, -0.05) is 60.7 Å². The van der Waals surface area contributed by atoms with E-state index >= 15 is 0 Å². The molecular formula is C40H51F2N5O4. The summed E-state index contributed by atoms with van der Waals surface area (Å²) in [7, 11) is 5.18. The Morgan fingerprint density at radius 3 is 2.25 bits per heavy atom. The molecule has 5 rings (SSSR count). The molecule has 0 aliphatic carbocycles. The number of nitrogens with zero attached hydrogens (tertiary/aromatic N) is 3. The smallest absolute Gasteiger partial charge is 0.249 e. The van der Waals surface area contributed by atoms with Crippen LogP contribution in [0.4, 0.5) is 8.78 Å². The Morgan fingerprint density at radius 1 is 0.882 bits per heavy atom. The molecule has 274 valence electrons. The minimum Gasteiger partial charge on any atom is -0.370 e. The number of nitrogens with one attached hydrogen (secondary N) is 2. The van der Waals surface area contributed by atoms with Gasteiger partial charge in [-0.2, -0.15) is 0 Å². The van der Waals surface area contributed by atoms with Gasteiger partial charge in [0, 0.05) is 45.6 Å². The van der Waals surface area contributed by atoms with Crippen LogP contribution in [0.5, 0.6) is 0 Å². The average molecular weight is 704 g/mol. The molecule has 3 aromatic rings. The van der Waals surface area contributed by atoms with E-state index in [1.807, 2.05) is 54.6 Å². The van der Waals surface area contributed by atoms with E-state index in [2.05, 4.69) is 22.6 Å². The van der Waals surface area contributed by atoms with Gasteiger partial charge < -0.3 is 30.1 Å². The fourth-order valence-corrected chi connectivity index (χ4v) is 7.05. The van der Waals surface area contributed by atoms with Crippen LogP contribution in [0.1, 0.15) is 43.2 Å². The predicted octanol–water partition coefficient (Wildman–Crippen LogP) is 4.44. The Morgan fingerprint density at radius 2 is 1.59 bits per heavy atom. The maximum atomic E-state index is 14.5. The lowest BCUT2D eigenvalue weighted by Gasteiger charge is -2.35. The third kappa shape index (κ3) is 10.4. The quantitative estimate of drug-likeness (QED) is 0.229. The molecule has 0 saturated carbocycles. The Kier molecular flexibility index (Phi) is 13.7. The number of likely N-dealkylation sites (tertiary alicyclic amines) is 1. The summed E-state index contributed by atoms with van der Waals surface area (Å²) in [6, 6.07) is 19.8. The normalized spacial score (nSPS) is 18.7. The van der Waals surface area contributed by atoms with Gasteiger partial charge in [0.25, 0.3) is 0 Å². The van der Waals surface area contributed by atoms with Crippen LogP contribution in [0.25, 0.3) is 11.1 Å². The van der Waals surface area contributed by atoms with Crippen LogP contribution in [-0.2, 0) is 32.0 Å². The zero-order valence-electron chi connectivity index (χ0n) is 30.0. The minimum atomic E-state index is -1.04. The lowest BCUT2D eigenvalue weighted by atomic mass is 9.98. The highest BCUT2D eigenvalue weighted by Gasteiger charge is 2.35. The molecule has 3 aromatic carbocycles. The van der Waals surface area contributed by atoms with Gasteiger partial charge in [-0.3, -0.25) is 14.4 Å². The summed E-state index contributed by atoms with van der Waals surface area (Å²) in [4.78, 5) is 46.9. The van der Waals surface area contributed by atoms with Crippen LogP contribution in [0.3, 0.4) is 0 Å². The van der Waals surface area contributed by atoms with Crippen molar-refractivity contribution in [2.24, 2.45) is 0 Å². The summed E-state index contributed by atoms with van der Waals surface area (Å²) in [5.41, 5.74) is 3.28. The van der Waals surface area contributed by atoms with Gasteiger partial charge in [0.2, 0.25) is 17.7 Å². The van der Waals surface area contributed by atoms with E-state index in [0.717, 1.165) is 74.0 Å². The van der Waals surface area contributed by atoms with Crippen LogP contribution in [0, 0.1) is 11.6 Å². The molecular weight excluding hydrogens is 652 g/mol. The molecule has 3 amide bonds. The van der Waals surface area contributed by atoms with E-state index in [1.165, 1.54) is 22.9 Å². The van der Waals surface area contributed by atoms with Gasteiger partial charge in [0.05, 0.1) is 6.61 Å². The van der Waals surface area contributed by atoms with Crippen LogP contribution >= 0.6 is 0 Å². The number of rotatable bonds is 16. The standard InChI is InChI=1S/C40H51F2N5O4/c1-45-22-8-12-33(45)19-21-44-39(49)36(25-29-15-18-34(41)35(42)23-29)47(3)40(50)37(46(2)38(48)27-51-26-32-11-7-20-43-32)24-28-13-16-31(17-14-28)30-9-5-4-6-10-30/h4-6,9-10,13-18,23,32-33,36-37,43H,7-8,11-12,19-22,24-27H2,1-3H3,(H,44,49)/t32-,33?,36?,37-/m1/s1. The third-order valence-corrected chi connectivity index (χ3v) is 10.3. The van der Waals surface area contributed by atoms with Crippen LogP contribution in [-0.4, -0.2) is 111 Å². The van der Waals surface area contributed by atoms with Crippen molar-refractivity contribution in [3.8, 4) is 11.1 Å². The molecule has 0 bridgehead atoms. The summed E-state index contributed by atoms with van der Waals surface area (Å²) in [6.07, 6.45) is 5.11. The molecule has 2 saturated heterocycles. The first-order chi connectivity index (χ1) is 24.6. The fraction of sp³-hybridized carbons (Fsp3) is 0.475. The first-order valence-electron chi connectivity index (χ1n) is 18.0. The Balaban J connectivity index is 1.36. The van der Waals surface area contributed by atoms with Crippen molar-refractivity contribution >= 4 is 17.7 Å². The largest absolute Gasteiger partial charge is 0.370 e. The summed E-state index contributed by atoms with van der Waals surface area (Å²) in [5, 5.41) is 6.35. The Labute approximate surface area is 300 Å². The molecule has 11 heteroatoms. The predicted molar refractivity (Wildman–Crippen MR) is 194 cm³/mol. The molecule has 0 aromatic heterocycles. The Bertz CT molecular complexity index is 1600. The zero-order valence-corrected chi connectivity index (χ0v) is 30.0. The summed E-state index contributed by atoms with van der Waals surface area (Å²) < 4.78 is 33.9. The van der Waals surface area contributed by atoms with Gasteiger partial charge in [0.15, 0.2) is 11.6 Å². The van der Waals surface area contributed by atoms with Crippen LogP contribution < -0.4 is 10.6 Å². The average Bonchev–Trinajstić information content (AvgIpc) is 3.82. The van der Waals surface area contributed by atoms with Crippen molar-refractivity contribution in [3.05, 3.63) is 95.6 Å². The SMILES string of the molecule is CN1CCCC1CCNC(=O)C(Cc1ccc(F)c(F)c1)N(C)C(=O)[C@@H](Cc1ccc(-c2ccccc2)cc1)N(C)C(=O)COC[C@H]1CCCN1. The molecule has 0 spiro atoms. The highest BCUT2D eigenvalue weighted by Crippen LogP contribution is 2.22. The van der Waals surface area contributed by atoms with Gasteiger partial charge in [-0.25, -0.2) is 8.78 Å². The highest BCUT2D eigenvalue weighted by molar-refractivity contribution is 5.92. The number of benzene rings is 3. The maximum Gasteiger partial charge on any atom is 0.249 e. The summed E-state index contributed by atoms with van der Waals surface area (Å²) in [6.45, 7) is 2.55. The maximum absolute atomic E-state index is 14.5. The van der Waals surface area contributed by atoms with Crippen LogP contribution in [0.2, 0.25) is 0 Å². The Hall–Kier alpha value is -4.19. The molecule has 51 heavy (non-hydrogen) atoms. The van der Waals surface area contributed by atoms with E-state index in [1.54, 1.807) is 7.05 Å². The molecule has 2 N–H and O–H groups in total. The number of ether oxygens (including phenoxy) is 1. The van der Waals surface area contributed by atoms with Crippen molar-refractivity contribution < 1.29 is 27.9 Å². The van der Waals surface area contributed by atoms with Crippen molar-refractivity contribution in [1.29, 1.82) is 0 Å². The second kappa shape index (κ2) is 18.3. The first kappa shape index (κ1) is 38.1. The third-order valence-electron chi connectivity index (χ3n) is 10.3. The van der Waals surface area contributed by atoms with Gasteiger partial charge in [0.1, 0.15) is 18.7 Å². The topological polar surface area (TPSA) is 94.2 Å². The monoisotopic (exact) mass is 703 g/mol. The molecule has 2 heterocycles. The highest BCUT2D eigenvalue weighted by atomic mass is 19.2. The molecule has 0 radical (unpaired) electrons. The molecule has 4 atom stereocenters. The van der Waals surface area contributed by atoms with E-state index in [9.17, 15) is 23.2 Å². The molecule has 9 nitrogen and oxygen atoms in total. The molecule has 2 fully saturated rings. The number of likely N-dealkylation sites (N-methyl/N-ethyl adjacent to an activating group) is 2. The van der Waals surface area contributed by atoms with Crippen molar-refractivity contribution in [2.75, 3.05) is 54.0 Å². The van der Waals surface area contributed by atoms with Gasteiger partial charge in [-0.05, 0) is 86.6 Å². The van der Waals surface area contributed by atoms with E-state index in [0.29, 0.717) is 24.8 Å². The number of halogens is 2. The van der Waals surface area contributed by atoms with E-state index < -0.39 is 35.5 Å². The van der Waals surface area contributed by atoms with Crippen molar-refractivity contribution in [1.82, 2.24) is 25.3 Å². The number of carbonyl (C=O) groups excluding carboxylic acids is 3. The number of hydrogen-bond acceptors (Lipinski definition) is 6. The van der Waals surface area contributed by atoms with Crippen molar-refractivity contribution in [2.45, 2.75) is 69.1 Å².